The second-order valence-electron chi connectivity index (χ2n) is 6.21. The molecule has 0 radical (unpaired) electrons. The average Bonchev–Trinajstić information content (AvgIpc) is 2.69. The number of aryl methyl sites for hydroxylation is 2. The van der Waals surface area contributed by atoms with Crippen molar-refractivity contribution < 1.29 is 17.9 Å². The molecule has 27 heavy (non-hydrogen) atoms. The molecule has 1 aliphatic heterocycles. The molecule has 0 atom stereocenters. The number of nitrogens with one attached hydrogen (secondary N) is 1. The molecule has 146 valence electrons. The summed E-state index contributed by atoms with van der Waals surface area (Å²) in [4.78, 5) is 14.9. The van der Waals surface area contributed by atoms with E-state index in [1.165, 1.54) is 7.11 Å². The lowest BCUT2D eigenvalue weighted by molar-refractivity contribution is 0.122. The lowest BCUT2D eigenvalue weighted by Gasteiger charge is -2.26. The molecule has 2 aromatic rings. The van der Waals surface area contributed by atoms with Crippen LogP contribution in [0.5, 0.6) is 6.01 Å². The summed E-state index contributed by atoms with van der Waals surface area (Å²) in [5.74, 6) is 0.737. The molecule has 10 heteroatoms. The Bertz CT molecular complexity index is 914. The maximum absolute atomic E-state index is 12.6. The standard InChI is InChI=1S/C17H23N5O4S/c1-12-4-5-14(10-13(12)2)27(23,24)18-11-15-19-16(21-17(20-15)25-3)22-6-8-26-9-7-22/h4-5,10,18H,6-9,11H2,1-3H3. The van der Waals surface area contributed by atoms with Crippen LogP contribution in [0.2, 0.25) is 0 Å². The molecule has 0 aliphatic carbocycles. The molecule has 0 amide bonds. The van der Waals surface area contributed by atoms with Crippen LogP contribution in [0.1, 0.15) is 17.0 Å². The van der Waals surface area contributed by atoms with E-state index >= 15 is 0 Å². The summed E-state index contributed by atoms with van der Waals surface area (Å²) >= 11 is 0. The Morgan fingerprint density at radius 3 is 2.56 bits per heavy atom. The minimum Gasteiger partial charge on any atom is -0.467 e. The van der Waals surface area contributed by atoms with Crippen molar-refractivity contribution in [3.8, 4) is 6.01 Å². The van der Waals surface area contributed by atoms with Crippen LogP contribution in [0.15, 0.2) is 23.1 Å². The highest BCUT2D eigenvalue weighted by molar-refractivity contribution is 7.89. The largest absolute Gasteiger partial charge is 0.467 e. The highest BCUT2D eigenvalue weighted by Gasteiger charge is 2.19. The quantitative estimate of drug-likeness (QED) is 0.769. The minimum atomic E-state index is -3.68. The van der Waals surface area contributed by atoms with E-state index in [-0.39, 0.29) is 23.3 Å². The molecule has 0 saturated carbocycles. The third kappa shape index (κ3) is 4.71. The predicted octanol–water partition coefficient (Wildman–Crippen LogP) is 0.812. The first-order valence-corrected chi connectivity index (χ1v) is 10.1. The summed E-state index contributed by atoms with van der Waals surface area (Å²) in [5.41, 5.74) is 1.95. The van der Waals surface area contributed by atoms with E-state index in [9.17, 15) is 8.42 Å². The second kappa shape index (κ2) is 8.15. The van der Waals surface area contributed by atoms with Crippen molar-refractivity contribution in [3.05, 3.63) is 35.2 Å². The van der Waals surface area contributed by atoms with Crippen molar-refractivity contribution in [1.29, 1.82) is 0 Å². The zero-order valence-electron chi connectivity index (χ0n) is 15.6. The molecular formula is C17H23N5O4S. The zero-order valence-corrected chi connectivity index (χ0v) is 16.4. The van der Waals surface area contributed by atoms with Gasteiger partial charge >= 0.3 is 6.01 Å². The number of aromatic nitrogens is 3. The van der Waals surface area contributed by atoms with Gasteiger partial charge in [-0.1, -0.05) is 6.07 Å². The first-order chi connectivity index (χ1) is 12.9. The zero-order chi connectivity index (χ0) is 19.4. The number of ether oxygens (including phenoxy) is 2. The van der Waals surface area contributed by atoms with Gasteiger partial charge in [-0.05, 0) is 37.1 Å². The van der Waals surface area contributed by atoms with Crippen molar-refractivity contribution in [2.45, 2.75) is 25.3 Å². The van der Waals surface area contributed by atoms with E-state index in [4.69, 9.17) is 9.47 Å². The molecular weight excluding hydrogens is 370 g/mol. The number of anilines is 1. The summed E-state index contributed by atoms with van der Waals surface area (Å²) in [6, 6.07) is 5.15. The summed E-state index contributed by atoms with van der Waals surface area (Å²) in [7, 11) is -2.22. The highest BCUT2D eigenvalue weighted by Crippen LogP contribution is 2.16. The fraction of sp³-hybridized carbons (Fsp3) is 0.471. The third-order valence-corrected chi connectivity index (χ3v) is 5.73. The first-order valence-electron chi connectivity index (χ1n) is 8.57. The Kier molecular flexibility index (Phi) is 5.88. The normalized spacial score (nSPS) is 15.0. The SMILES string of the molecule is COc1nc(CNS(=O)(=O)c2ccc(C)c(C)c2)nc(N2CCOCC2)n1. The second-order valence-corrected chi connectivity index (χ2v) is 7.98. The molecule has 1 N–H and O–H groups in total. The Balaban J connectivity index is 1.79. The summed E-state index contributed by atoms with van der Waals surface area (Å²) in [6.07, 6.45) is 0. The van der Waals surface area contributed by atoms with Crippen molar-refractivity contribution in [3.63, 3.8) is 0 Å². The summed E-state index contributed by atoms with van der Waals surface area (Å²) < 4.78 is 38.1. The average molecular weight is 393 g/mol. The van der Waals surface area contributed by atoms with Crippen molar-refractivity contribution >= 4 is 16.0 Å². The monoisotopic (exact) mass is 393 g/mol. The molecule has 1 fully saturated rings. The van der Waals surface area contributed by atoms with Gasteiger partial charge in [0.05, 0.1) is 31.8 Å². The number of sulfonamides is 1. The fourth-order valence-corrected chi connectivity index (χ4v) is 3.65. The molecule has 1 saturated heterocycles. The number of nitrogens with zero attached hydrogens (tertiary/aromatic N) is 4. The molecule has 0 spiro atoms. The van der Waals surface area contributed by atoms with Gasteiger partial charge in [0.25, 0.3) is 0 Å². The van der Waals surface area contributed by atoms with Crippen LogP contribution in [-0.2, 0) is 21.3 Å². The van der Waals surface area contributed by atoms with E-state index in [2.05, 4.69) is 19.7 Å². The van der Waals surface area contributed by atoms with Crippen LogP contribution in [0.3, 0.4) is 0 Å². The molecule has 0 unspecified atom stereocenters. The van der Waals surface area contributed by atoms with Gasteiger partial charge in [0, 0.05) is 13.1 Å². The Labute approximate surface area is 158 Å². The lowest BCUT2D eigenvalue weighted by atomic mass is 10.1. The van der Waals surface area contributed by atoms with Crippen molar-refractivity contribution in [2.24, 2.45) is 0 Å². The maximum atomic E-state index is 12.6. The van der Waals surface area contributed by atoms with Crippen LogP contribution >= 0.6 is 0 Å². The van der Waals surface area contributed by atoms with Gasteiger partial charge in [0.2, 0.25) is 16.0 Å². The van der Waals surface area contributed by atoms with Crippen LogP contribution in [-0.4, -0.2) is 56.8 Å². The Morgan fingerprint density at radius 1 is 1.15 bits per heavy atom. The summed E-state index contributed by atoms with van der Waals surface area (Å²) in [6.45, 7) is 6.22. The molecule has 1 aliphatic rings. The van der Waals surface area contributed by atoms with Crippen LogP contribution in [0.4, 0.5) is 5.95 Å². The van der Waals surface area contributed by atoms with Gasteiger partial charge in [0.15, 0.2) is 5.82 Å². The number of rotatable bonds is 6. The molecule has 0 bridgehead atoms. The van der Waals surface area contributed by atoms with E-state index in [1.54, 1.807) is 18.2 Å². The number of methoxy groups -OCH3 is 1. The number of morpholine rings is 1. The first kappa shape index (κ1) is 19.5. The van der Waals surface area contributed by atoms with Crippen LogP contribution in [0, 0.1) is 13.8 Å². The molecule has 2 heterocycles. The fourth-order valence-electron chi connectivity index (χ4n) is 2.59. The number of hydrogen-bond donors (Lipinski definition) is 1. The topological polar surface area (TPSA) is 107 Å². The van der Waals surface area contributed by atoms with Gasteiger partial charge in [0.1, 0.15) is 0 Å². The van der Waals surface area contributed by atoms with Gasteiger partial charge < -0.3 is 14.4 Å². The molecule has 1 aromatic heterocycles. The van der Waals surface area contributed by atoms with E-state index in [0.29, 0.717) is 32.3 Å². The smallest absolute Gasteiger partial charge is 0.321 e. The number of benzene rings is 1. The predicted molar refractivity (Wildman–Crippen MR) is 99.4 cm³/mol. The van der Waals surface area contributed by atoms with Gasteiger partial charge in [-0.3, -0.25) is 0 Å². The summed E-state index contributed by atoms with van der Waals surface area (Å²) in [5, 5.41) is 0. The van der Waals surface area contributed by atoms with Gasteiger partial charge in [-0.15, -0.1) is 0 Å². The minimum absolute atomic E-state index is 0.0640. The van der Waals surface area contributed by atoms with Gasteiger partial charge in [-0.2, -0.15) is 15.0 Å². The lowest BCUT2D eigenvalue weighted by Crippen LogP contribution is -2.37. The third-order valence-electron chi connectivity index (χ3n) is 4.33. The Hall–Kier alpha value is -2.30. The molecule has 3 rings (SSSR count). The van der Waals surface area contributed by atoms with E-state index in [0.717, 1.165) is 11.1 Å². The van der Waals surface area contributed by atoms with Crippen molar-refractivity contribution in [2.75, 3.05) is 38.3 Å². The van der Waals surface area contributed by atoms with Crippen LogP contribution < -0.4 is 14.4 Å². The number of hydrogen-bond acceptors (Lipinski definition) is 8. The maximum Gasteiger partial charge on any atom is 0.321 e. The van der Waals surface area contributed by atoms with Crippen molar-refractivity contribution in [1.82, 2.24) is 19.7 Å². The highest BCUT2D eigenvalue weighted by atomic mass is 32.2. The van der Waals surface area contributed by atoms with E-state index in [1.807, 2.05) is 18.7 Å². The molecule has 1 aromatic carbocycles. The Morgan fingerprint density at radius 2 is 1.89 bits per heavy atom. The van der Waals surface area contributed by atoms with Crippen LogP contribution in [0.25, 0.3) is 0 Å². The van der Waals surface area contributed by atoms with E-state index < -0.39 is 10.0 Å². The molecule has 9 nitrogen and oxygen atoms in total. The van der Waals surface area contributed by atoms with Gasteiger partial charge in [-0.25, -0.2) is 13.1 Å².